The van der Waals surface area contributed by atoms with Crippen molar-refractivity contribution in [3.63, 3.8) is 0 Å². The molecule has 0 amide bonds. The van der Waals surface area contributed by atoms with Gasteiger partial charge in [0.05, 0.1) is 5.02 Å². The van der Waals surface area contributed by atoms with E-state index in [1.807, 2.05) is 0 Å². The van der Waals surface area contributed by atoms with E-state index in [0.717, 1.165) is 6.29 Å². The lowest BCUT2D eigenvalue weighted by atomic mass is 10.0. The van der Waals surface area contributed by atoms with Crippen molar-refractivity contribution in [2.75, 3.05) is 13.1 Å². The lowest BCUT2D eigenvalue weighted by Gasteiger charge is -2.29. The number of piperidine rings is 1. The van der Waals surface area contributed by atoms with Gasteiger partial charge in [-0.1, -0.05) is 23.2 Å². The van der Waals surface area contributed by atoms with E-state index in [-0.39, 0.29) is 15.8 Å². The number of carbonyl (C=O) groups is 1. The van der Waals surface area contributed by atoms with Gasteiger partial charge in [-0.2, -0.15) is 4.31 Å². The molecule has 4 nitrogen and oxygen atoms in total. The van der Waals surface area contributed by atoms with Crippen molar-refractivity contribution in [2.24, 2.45) is 5.92 Å². The van der Waals surface area contributed by atoms with Crippen LogP contribution in [-0.4, -0.2) is 32.1 Å². The zero-order chi connectivity index (χ0) is 14.0. The smallest absolute Gasteiger partial charge is 0.244 e. The monoisotopic (exact) mass is 321 g/mol. The molecule has 7 heteroatoms. The summed E-state index contributed by atoms with van der Waals surface area (Å²) in [5.41, 5.74) is 0. The summed E-state index contributed by atoms with van der Waals surface area (Å²) in [7, 11) is -3.65. The highest BCUT2D eigenvalue weighted by Gasteiger charge is 2.30. The molecule has 1 aromatic carbocycles. The molecule has 0 unspecified atom stereocenters. The molecule has 0 bridgehead atoms. The molecule has 0 spiro atoms. The number of rotatable bonds is 3. The summed E-state index contributed by atoms with van der Waals surface area (Å²) in [5, 5.41) is 0.479. The average molecular weight is 322 g/mol. The van der Waals surface area contributed by atoms with Crippen molar-refractivity contribution in [3.05, 3.63) is 28.2 Å². The molecule has 1 saturated heterocycles. The maximum absolute atomic E-state index is 12.4. The van der Waals surface area contributed by atoms with E-state index < -0.39 is 10.0 Å². The quantitative estimate of drug-likeness (QED) is 0.804. The fourth-order valence-electron chi connectivity index (χ4n) is 2.07. The van der Waals surface area contributed by atoms with Gasteiger partial charge >= 0.3 is 0 Å². The van der Waals surface area contributed by atoms with E-state index in [9.17, 15) is 13.2 Å². The second-order valence-electron chi connectivity index (χ2n) is 4.45. The molecular formula is C12H13Cl2NO3S. The molecule has 0 atom stereocenters. The molecule has 1 aliphatic rings. The lowest BCUT2D eigenvalue weighted by Crippen LogP contribution is -2.38. The van der Waals surface area contributed by atoms with Crippen LogP contribution in [0.5, 0.6) is 0 Å². The third kappa shape index (κ3) is 3.11. The Labute approximate surface area is 122 Å². The topological polar surface area (TPSA) is 54.5 Å². The number of benzene rings is 1. The lowest BCUT2D eigenvalue weighted by molar-refractivity contribution is -0.112. The number of hydrogen-bond donors (Lipinski definition) is 0. The van der Waals surface area contributed by atoms with Crippen molar-refractivity contribution in [3.8, 4) is 0 Å². The summed E-state index contributed by atoms with van der Waals surface area (Å²) in [6.07, 6.45) is 1.97. The molecule has 0 aliphatic carbocycles. The van der Waals surface area contributed by atoms with E-state index in [2.05, 4.69) is 0 Å². The van der Waals surface area contributed by atoms with Crippen LogP contribution in [0.4, 0.5) is 0 Å². The fraction of sp³-hybridized carbons (Fsp3) is 0.417. The van der Waals surface area contributed by atoms with Crippen molar-refractivity contribution < 1.29 is 13.2 Å². The molecule has 0 saturated carbocycles. The molecule has 19 heavy (non-hydrogen) atoms. The highest BCUT2D eigenvalue weighted by atomic mass is 35.5. The van der Waals surface area contributed by atoms with Crippen LogP contribution in [0.15, 0.2) is 23.1 Å². The Morgan fingerprint density at radius 3 is 2.42 bits per heavy atom. The minimum Gasteiger partial charge on any atom is -0.303 e. The third-order valence-electron chi connectivity index (χ3n) is 3.20. The van der Waals surface area contributed by atoms with Crippen LogP contribution in [0.2, 0.25) is 10.0 Å². The summed E-state index contributed by atoms with van der Waals surface area (Å²) < 4.78 is 26.3. The molecule has 0 N–H and O–H groups in total. The van der Waals surface area contributed by atoms with Crippen LogP contribution in [0.1, 0.15) is 12.8 Å². The molecule has 0 aromatic heterocycles. The van der Waals surface area contributed by atoms with Gasteiger partial charge in [0.25, 0.3) is 0 Å². The number of aldehydes is 1. The van der Waals surface area contributed by atoms with Crippen LogP contribution in [0.25, 0.3) is 0 Å². The highest BCUT2D eigenvalue weighted by molar-refractivity contribution is 7.89. The first-order chi connectivity index (χ1) is 8.95. The summed E-state index contributed by atoms with van der Waals surface area (Å²) in [6.45, 7) is 0.656. The van der Waals surface area contributed by atoms with E-state index in [4.69, 9.17) is 23.2 Å². The summed E-state index contributed by atoms with van der Waals surface area (Å²) >= 11 is 11.8. The first-order valence-corrected chi connectivity index (χ1v) is 8.05. The molecule has 1 aliphatic heterocycles. The highest BCUT2D eigenvalue weighted by Crippen LogP contribution is 2.29. The van der Waals surface area contributed by atoms with Gasteiger partial charge in [0.2, 0.25) is 10.0 Å². The van der Waals surface area contributed by atoms with E-state index in [1.54, 1.807) is 6.07 Å². The number of hydrogen-bond acceptors (Lipinski definition) is 3. The largest absolute Gasteiger partial charge is 0.303 e. The molecule has 0 radical (unpaired) electrons. The molecule has 1 aromatic rings. The Kier molecular flexibility index (Phi) is 4.50. The average Bonchev–Trinajstić information content (AvgIpc) is 2.41. The summed E-state index contributed by atoms with van der Waals surface area (Å²) in [5.74, 6) is -0.0544. The predicted octanol–water partition coefficient (Wildman–Crippen LogP) is 2.59. The first-order valence-electron chi connectivity index (χ1n) is 5.85. The van der Waals surface area contributed by atoms with Gasteiger partial charge in [0.1, 0.15) is 11.2 Å². The third-order valence-corrected chi connectivity index (χ3v) is 5.82. The molecular weight excluding hydrogens is 309 g/mol. The molecule has 2 rings (SSSR count). The van der Waals surface area contributed by atoms with Crippen LogP contribution in [0.3, 0.4) is 0 Å². The second-order valence-corrected chi connectivity index (χ2v) is 7.20. The minimum atomic E-state index is -3.65. The van der Waals surface area contributed by atoms with Gasteiger partial charge in [-0.25, -0.2) is 8.42 Å². The minimum absolute atomic E-state index is 0.0196. The van der Waals surface area contributed by atoms with Crippen LogP contribution >= 0.6 is 23.2 Å². The standard InChI is InChI=1S/C12H13Cl2NO3S/c13-10-1-2-11(14)12(7-10)19(17,18)15-5-3-9(8-16)4-6-15/h1-2,7-9H,3-6H2. The van der Waals surface area contributed by atoms with Crippen molar-refractivity contribution >= 4 is 39.5 Å². The van der Waals surface area contributed by atoms with Crippen molar-refractivity contribution in [2.45, 2.75) is 17.7 Å². The molecule has 1 fully saturated rings. The van der Waals surface area contributed by atoms with Gasteiger partial charge in [0.15, 0.2) is 0 Å². The Bertz CT molecular complexity index is 581. The van der Waals surface area contributed by atoms with Gasteiger partial charge in [0, 0.05) is 24.0 Å². The van der Waals surface area contributed by atoms with Gasteiger partial charge in [-0.3, -0.25) is 0 Å². The first kappa shape index (κ1) is 14.8. The summed E-state index contributed by atoms with van der Waals surface area (Å²) in [4.78, 5) is 10.7. The Hall–Kier alpha value is -0.620. The second kappa shape index (κ2) is 5.79. The maximum Gasteiger partial charge on any atom is 0.244 e. The number of carbonyl (C=O) groups excluding carboxylic acids is 1. The molecule has 1 heterocycles. The number of nitrogens with zero attached hydrogens (tertiary/aromatic N) is 1. The van der Waals surface area contributed by atoms with Crippen LogP contribution in [0, 0.1) is 5.92 Å². The van der Waals surface area contributed by atoms with Crippen molar-refractivity contribution in [1.82, 2.24) is 4.31 Å². The Morgan fingerprint density at radius 1 is 1.21 bits per heavy atom. The number of halogens is 2. The SMILES string of the molecule is O=CC1CCN(S(=O)(=O)c2cc(Cl)ccc2Cl)CC1. The van der Waals surface area contributed by atoms with E-state index >= 15 is 0 Å². The van der Waals surface area contributed by atoms with E-state index in [0.29, 0.717) is 31.0 Å². The fourth-order valence-corrected chi connectivity index (χ4v) is 4.27. The van der Waals surface area contributed by atoms with Crippen LogP contribution in [-0.2, 0) is 14.8 Å². The Balaban J connectivity index is 2.28. The van der Waals surface area contributed by atoms with Crippen LogP contribution < -0.4 is 0 Å². The molecule has 104 valence electrons. The Morgan fingerprint density at radius 2 is 1.84 bits per heavy atom. The van der Waals surface area contributed by atoms with Gasteiger partial charge < -0.3 is 4.79 Å². The predicted molar refractivity (Wildman–Crippen MR) is 74.0 cm³/mol. The van der Waals surface area contributed by atoms with E-state index in [1.165, 1.54) is 16.4 Å². The maximum atomic E-state index is 12.4. The zero-order valence-electron chi connectivity index (χ0n) is 10.1. The van der Waals surface area contributed by atoms with Gasteiger partial charge in [-0.05, 0) is 31.0 Å². The van der Waals surface area contributed by atoms with Crippen molar-refractivity contribution in [1.29, 1.82) is 0 Å². The number of sulfonamides is 1. The van der Waals surface area contributed by atoms with Gasteiger partial charge in [-0.15, -0.1) is 0 Å². The normalized spacial score (nSPS) is 18.4. The summed E-state index contributed by atoms with van der Waals surface area (Å²) in [6, 6.07) is 4.36. The zero-order valence-corrected chi connectivity index (χ0v) is 12.4.